The molecule has 0 fully saturated rings. The molecule has 1 unspecified atom stereocenters. The molecule has 0 amide bonds. The minimum Gasteiger partial charge on any atom is -0.469 e. The Kier molecular flexibility index (Phi) is 6.65. The van der Waals surface area contributed by atoms with Crippen molar-refractivity contribution in [2.24, 2.45) is 17.3 Å². The molecule has 0 rings (SSSR count). The number of ether oxygens (including phenoxy) is 2. The predicted octanol–water partition coefficient (Wildman–Crippen LogP) is 2.88. The molecule has 0 N–H and O–H groups in total. The number of hydrogen-bond donors (Lipinski definition) is 0. The number of rotatable bonds is 7. The lowest BCUT2D eigenvalue weighted by Crippen LogP contribution is -2.41. The van der Waals surface area contributed by atoms with Crippen molar-refractivity contribution in [1.29, 1.82) is 0 Å². The lowest BCUT2D eigenvalue weighted by Gasteiger charge is -2.34. The molecule has 0 aromatic rings. The molecule has 16 heavy (non-hydrogen) atoms. The van der Waals surface area contributed by atoms with Crippen molar-refractivity contribution in [3.8, 4) is 0 Å². The molecule has 0 radical (unpaired) electrons. The van der Waals surface area contributed by atoms with Gasteiger partial charge in [0.05, 0.1) is 19.1 Å². The van der Waals surface area contributed by atoms with Gasteiger partial charge in [0, 0.05) is 7.11 Å². The number of hydrogen-bond acceptors (Lipinski definition) is 3. The van der Waals surface area contributed by atoms with E-state index in [2.05, 4.69) is 27.7 Å². The third-order valence-corrected chi connectivity index (χ3v) is 3.27. The second-order valence-electron chi connectivity index (χ2n) is 5.17. The highest BCUT2D eigenvalue weighted by Gasteiger charge is 2.42. The van der Waals surface area contributed by atoms with E-state index in [1.807, 2.05) is 0 Å². The van der Waals surface area contributed by atoms with Gasteiger partial charge in [-0.15, -0.1) is 0 Å². The Morgan fingerprint density at radius 2 is 1.75 bits per heavy atom. The molecule has 0 aromatic carbocycles. The lowest BCUT2D eigenvalue weighted by molar-refractivity contribution is -0.161. The van der Waals surface area contributed by atoms with Gasteiger partial charge in [0.15, 0.2) is 0 Å². The van der Waals surface area contributed by atoms with Crippen LogP contribution in [0.25, 0.3) is 0 Å². The van der Waals surface area contributed by atoms with Crippen molar-refractivity contribution in [1.82, 2.24) is 0 Å². The molecule has 0 aliphatic heterocycles. The maximum Gasteiger partial charge on any atom is 0.314 e. The Hall–Kier alpha value is -0.570. The number of carbonyl (C=O) groups excluding carboxylic acids is 1. The van der Waals surface area contributed by atoms with E-state index in [1.165, 1.54) is 7.11 Å². The molecular formula is C13H26O3. The van der Waals surface area contributed by atoms with Crippen LogP contribution >= 0.6 is 0 Å². The van der Waals surface area contributed by atoms with Gasteiger partial charge >= 0.3 is 5.97 Å². The summed E-state index contributed by atoms with van der Waals surface area (Å²) in [5, 5.41) is 0. The molecule has 0 aliphatic rings. The van der Waals surface area contributed by atoms with Crippen molar-refractivity contribution in [2.45, 2.75) is 40.5 Å². The first-order chi connectivity index (χ1) is 7.40. The Morgan fingerprint density at radius 1 is 1.19 bits per heavy atom. The summed E-state index contributed by atoms with van der Waals surface area (Å²) in [6.07, 6.45) is 1.83. The summed E-state index contributed by atoms with van der Waals surface area (Å²) in [6.45, 7) is 8.86. The second kappa shape index (κ2) is 6.89. The Morgan fingerprint density at radius 3 is 2.06 bits per heavy atom. The standard InChI is InChI=1S/C13H26O3/c1-10(2)7-8-13(9-15-5,11(3)4)12(14)16-6/h10-11H,7-9H2,1-6H3. The van der Waals surface area contributed by atoms with Crippen molar-refractivity contribution in [3.63, 3.8) is 0 Å². The third-order valence-electron chi connectivity index (χ3n) is 3.27. The van der Waals surface area contributed by atoms with Crippen LogP contribution < -0.4 is 0 Å². The van der Waals surface area contributed by atoms with Crippen LogP contribution in [0.1, 0.15) is 40.5 Å². The number of carbonyl (C=O) groups is 1. The molecule has 0 spiro atoms. The quantitative estimate of drug-likeness (QED) is 0.631. The van der Waals surface area contributed by atoms with Crippen molar-refractivity contribution >= 4 is 5.97 Å². The lowest BCUT2D eigenvalue weighted by atomic mass is 9.73. The van der Waals surface area contributed by atoms with Gasteiger partial charge in [-0.1, -0.05) is 27.7 Å². The fourth-order valence-corrected chi connectivity index (χ4v) is 1.93. The van der Waals surface area contributed by atoms with Gasteiger partial charge in [-0.05, 0) is 24.7 Å². The molecule has 0 aliphatic carbocycles. The topological polar surface area (TPSA) is 35.5 Å². The van der Waals surface area contributed by atoms with Gasteiger partial charge in [0.25, 0.3) is 0 Å². The molecule has 96 valence electrons. The van der Waals surface area contributed by atoms with Gasteiger partial charge in [0.1, 0.15) is 0 Å². The SMILES string of the molecule is COCC(CCC(C)C)(C(=O)OC)C(C)C. The zero-order chi connectivity index (χ0) is 12.8. The second-order valence-corrected chi connectivity index (χ2v) is 5.17. The van der Waals surface area contributed by atoms with E-state index in [4.69, 9.17) is 9.47 Å². The van der Waals surface area contributed by atoms with Crippen LogP contribution in [0.2, 0.25) is 0 Å². The van der Waals surface area contributed by atoms with E-state index in [0.29, 0.717) is 12.5 Å². The molecule has 3 heteroatoms. The molecule has 0 heterocycles. The smallest absolute Gasteiger partial charge is 0.314 e. The molecule has 3 nitrogen and oxygen atoms in total. The zero-order valence-electron chi connectivity index (χ0n) is 11.5. The Bertz CT molecular complexity index is 211. The number of methoxy groups -OCH3 is 2. The van der Waals surface area contributed by atoms with Crippen LogP contribution in [0.4, 0.5) is 0 Å². The van der Waals surface area contributed by atoms with E-state index in [9.17, 15) is 4.79 Å². The maximum absolute atomic E-state index is 12.0. The summed E-state index contributed by atoms with van der Waals surface area (Å²) in [5.74, 6) is 0.656. The van der Waals surface area contributed by atoms with Crippen LogP contribution in [0, 0.1) is 17.3 Å². The van der Waals surface area contributed by atoms with E-state index >= 15 is 0 Å². The first-order valence-corrected chi connectivity index (χ1v) is 5.98. The highest BCUT2D eigenvalue weighted by atomic mass is 16.5. The molecular weight excluding hydrogens is 204 g/mol. The largest absolute Gasteiger partial charge is 0.469 e. The van der Waals surface area contributed by atoms with E-state index in [0.717, 1.165) is 12.8 Å². The molecule has 0 aromatic heterocycles. The molecule has 1 atom stereocenters. The average Bonchev–Trinajstić information content (AvgIpc) is 2.22. The average molecular weight is 230 g/mol. The highest BCUT2D eigenvalue weighted by molar-refractivity contribution is 5.77. The minimum atomic E-state index is -0.492. The van der Waals surface area contributed by atoms with E-state index < -0.39 is 5.41 Å². The fraction of sp³-hybridized carbons (Fsp3) is 0.923. The first kappa shape index (κ1) is 15.4. The molecule has 0 bridgehead atoms. The summed E-state index contributed by atoms with van der Waals surface area (Å²) < 4.78 is 10.2. The van der Waals surface area contributed by atoms with Gasteiger partial charge in [-0.2, -0.15) is 0 Å². The Balaban J connectivity index is 4.86. The van der Waals surface area contributed by atoms with Crippen molar-refractivity contribution in [2.75, 3.05) is 20.8 Å². The summed E-state index contributed by atoms with van der Waals surface area (Å²) in [5.41, 5.74) is -0.492. The van der Waals surface area contributed by atoms with Crippen molar-refractivity contribution in [3.05, 3.63) is 0 Å². The summed E-state index contributed by atoms with van der Waals surface area (Å²) >= 11 is 0. The predicted molar refractivity (Wildman–Crippen MR) is 65.2 cm³/mol. The van der Waals surface area contributed by atoms with Crippen LogP contribution in [0.3, 0.4) is 0 Å². The van der Waals surface area contributed by atoms with Gasteiger partial charge in [-0.25, -0.2) is 0 Å². The maximum atomic E-state index is 12.0. The van der Waals surface area contributed by atoms with Crippen LogP contribution in [0.5, 0.6) is 0 Å². The fourth-order valence-electron chi connectivity index (χ4n) is 1.93. The summed E-state index contributed by atoms with van der Waals surface area (Å²) in [7, 11) is 3.08. The van der Waals surface area contributed by atoms with Crippen LogP contribution in [-0.4, -0.2) is 26.8 Å². The Labute approximate surface area is 99.5 Å². The highest BCUT2D eigenvalue weighted by Crippen LogP contribution is 2.36. The first-order valence-electron chi connectivity index (χ1n) is 5.98. The van der Waals surface area contributed by atoms with Gasteiger partial charge < -0.3 is 9.47 Å². The van der Waals surface area contributed by atoms with Crippen LogP contribution in [0.15, 0.2) is 0 Å². The molecule has 0 saturated carbocycles. The normalized spacial score (nSPS) is 15.2. The van der Waals surface area contributed by atoms with Crippen molar-refractivity contribution < 1.29 is 14.3 Å². The zero-order valence-corrected chi connectivity index (χ0v) is 11.5. The third kappa shape index (κ3) is 3.78. The van der Waals surface area contributed by atoms with E-state index in [-0.39, 0.29) is 11.9 Å². The van der Waals surface area contributed by atoms with E-state index in [1.54, 1.807) is 7.11 Å². The van der Waals surface area contributed by atoms with Gasteiger partial charge in [-0.3, -0.25) is 4.79 Å². The monoisotopic (exact) mass is 230 g/mol. The van der Waals surface area contributed by atoms with Gasteiger partial charge in [0.2, 0.25) is 0 Å². The summed E-state index contributed by atoms with van der Waals surface area (Å²) in [6, 6.07) is 0. The number of esters is 1. The molecule has 0 saturated heterocycles. The minimum absolute atomic E-state index is 0.148. The van der Waals surface area contributed by atoms with Crippen LogP contribution in [-0.2, 0) is 14.3 Å². The summed E-state index contributed by atoms with van der Waals surface area (Å²) in [4.78, 5) is 12.0.